The van der Waals surface area contributed by atoms with Crippen LogP contribution in [-0.4, -0.2) is 38.9 Å². The summed E-state index contributed by atoms with van der Waals surface area (Å²) in [7, 11) is 1.93. The molecule has 50 heavy (non-hydrogen) atoms. The van der Waals surface area contributed by atoms with Crippen LogP contribution in [0.3, 0.4) is 0 Å². The van der Waals surface area contributed by atoms with Gasteiger partial charge in [-0.25, -0.2) is 8.78 Å². The second-order valence-electron chi connectivity index (χ2n) is 12.7. The van der Waals surface area contributed by atoms with Crippen LogP contribution in [0.1, 0.15) is 46.5 Å². The van der Waals surface area contributed by atoms with Crippen molar-refractivity contribution in [2.24, 2.45) is 0 Å². The van der Waals surface area contributed by atoms with E-state index in [-0.39, 0.29) is 17.7 Å². The SMILES string of the molecule is CN(Cc1ccccc1)Cc1c(-c2ccc(NC(=O)C(C)(C)O)cc2)sc2c1c(=O)c(C(=O)c1ccccc1)cn2Cc1c(F)cccc1F. The van der Waals surface area contributed by atoms with E-state index < -0.39 is 34.4 Å². The Hall–Kier alpha value is -5.29. The Balaban J connectivity index is 1.56. The minimum Gasteiger partial charge on any atom is -0.381 e. The highest BCUT2D eigenvalue weighted by Gasteiger charge is 2.26. The number of carbonyl (C=O) groups is 2. The van der Waals surface area contributed by atoms with E-state index >= 15 is 8.78 Å². The lowest BCUT2D eigenvalue weighted by molar-refractivity contribution is -0.130. The van der Waals surface area contributed by atoms with Crippen LogP contribution in [0.5, 0.6) is 0 Å². The van der Waals surface area contributed by atoms with Crippen LogP contribution < -0.4 is 10.7 Å². The van der Waals surface area contributed by atoms with Gasteiger partial charge in [-0.1, -0.05) is 78.9 Å². The molecule has 1 amide bonds. The van der Waals surface area contributed by atoms with E-state index in [0.717, 1.165) is 16.0 Å². The molecule has 0 aliphatic heterocycles. The topological polar surface area (TPSA) is 91.6 Å². The van der Waals surface area contributed by atoms with E-state index in [9.17, 15) is 19.5 Å². The number of hydrogen-bond acceptors (Lipinski definition) is 6. The summed E-state index contributed by atoms with van der Waals surface area (Å²) < 4.78 is 31.7. The number of amides is 1. The van der Waals surface area contributed by atoms with E-state index in [2.05, 4.69) is 10.2 Å². The molecule has 0 atom stereocenters. The number of fused-ring (bicyclic) bond motifs is 1. The summed E-state index contributed by atoms with van der Waals surface area (Å²) in [6.45, 7) is 3.41. The molecule has 0 radical (unpaired) electrons. The monoisotopic (exact) mass is 691 g/mol. The summed E-state index contributed by atoms with van der Waals surface area (Å²) in [4.78, 5) is 44.0. The van der Waals surface area contributed by atoms with Crippen molar-refractivity contribution in [3.05, 3.63) is 159 Å². The van der Waals surface area contributed by atoms with Gasteiger partial charge in [-0.05, 0) is 61.9 Å². The molecule has 2 N–H and O–H groups in total. The molecule has 0 aliphatic carbocycles. The number of ketones is 1. The van der Waals surface area contributed by atoms with Gasteiger partial charge < -0.3 is 15.0 Å². The van der Waals surface area contributed by atoms with E-state index in [0.29, 0.717) is 40.1 Å². The summed E-state index contributed by atoms with van der Waals surface area (Å²) in [5, 5.41) is 13.1. The third-order valence-corrected chi connectivity index (χ3v) is 9.68. The number of nitrogens with zero attached hydrogens (tertiary/aromatic N) is 2. The van der Waals surface area contributed by atoms with Crippen molar-refractivity contribution in [2.45, 2.75) is 39.1 Å². The summed E-state index contributed by atoms with van der Waals surface area (Å²) in [6, 6.07) is 28.9. The number of aliphatic hydroxyl groups is 1. The molecule has 0 unspecified atom stereocenters. The molecule has 0 bridgehead atoms. The average molecular weight is 692 g/mol. The normalized spacial score (nSPS) is 11.7. The Morgan fingerprint density at radius 2 is 1.46 bits per heavy atom. The van der Waals surface area contributed by atoms with Gasteiger partial charge in [-0.2, -0.15) is 0 Å². The van der Waals surface area contributed by atoms with Gasteiger partial charge in [0.2, 0.25) is 5.43 Å². The molecule has 7 nitrogen and oxygen atoms in total. The quantitative estimate of drug-likeness (QED) is 0.136. The molecule has 6 rings (SSSR count). The van der Waals surface area contributed by atoms with Crippen molar-refractivity contribution < 1.29 is 23.5 Å². The zero-order chi connectivity index (χ0) is 35.6. The molecule has 0 spiro atoms. The van der Waals surface area contributed by atoms with E-state index in [1.165, 1.54) is 49.6 Å². The van der Waals surface area contributed by atoms with Gasteiger partial charge in [0.15, 0.2) is 5.78 Å². The minimum absolute atomic E-state index is 0.110. The zero-order valence-corrected chi connectivity index (χ0v) is 28.6. The number of anilines is 1. The molecule has 0 aliphatic rings. The number of halogens is 2. The molecular weight excluding hydrogens is 657 g/mol. The Morgan fingerprint density at radius 3 is 2.08 bits per heavy atom. The van der Waals surface area contributed by atoms with Crippen LogP contribution >= 0.6 is 11.3 Å². The van der Waals surface area contributed by atoms with Crippen LogP contribution in [0.2, 0.25) is 0 Å². The maximum absolute atomic E-state index is 15.0. The number of hydrogen-bond donors (Lipinski definition) is 2. The number of pyridine rings is 1. The highest BCUT2D eigenvalue weighted by molar-refractivity contribution is 7.22. The third-order valence-electron chi connectivity index (χ3n) is 8.36. The van der Waals surface area contributed by atoms with Crippen LogP contribution in [-0.2, 0) is 24.4 Å². The van der Waals surface area contributed by atoms with Gasteiger partial charge in [0.1, 0.15) is 22.1 Å². The predicted octanol–water partition coefficient (Wildman–Crippen LogP) is 7.63. The molecule has 0 fully saturated rings. The molecule has 2 aromatic heterocycles. The van der Waals surface area contributed by atoms with E-state index in [4.69, 9.17) is 0 Å². The summed E-state index contributed by atoms with van der Waals surface area (Å²) in [5.41, 5.74) is 0.882. The van der Waals surface area contributed by atoms with Gasteiger partial charge in [0, 0.05) is 41.0 Å². The smallest absolute Gasteiger partial charge is 0.255 e. The lowest BCUT2D eigenvalue weighted by Gasteiger charge is -2.18. The first-order valence-corrected chi connectivity index (χ1v) is 16.8. The maximum atomic E-state index is 15.0. The molecule has 0 saturated heterocycles. The van der Waals surface area contributed by atoms with Crippen molar-refractivity contribution in [3.63, 3.8) is 0 Å². The first-order valence-electron chi connectivity index (χ1n) is 16.0. The fourth-order valence-electron chi connectivity index (χ4n) is 5.77. The fourth-order valence-corrected chi connectivity index (χ4v) is 7.06. The number of nitrogens with one attached hydrogen (secondary N) is 1. The highest BCUT2D eigenvalue weighted by Crippen LogP contribution is 2.39. The number of rotatable bonds is 11. The Kier molecular flexibility index (Phi) is 9.88. The van der Waals surface area contributed by atoms with Crippen molar-refractivity contribution in [1.82, 2.24) is 9.47 Å². The summed E-state index contributed by atoms with van der Waals surface area (Å²) in [6.07, 6.45) is 1.40. The molecule has 254 valence electrons. The highest BCUT2D eigenvalue weighted by atomic mass is 32.1. The summed E-state index contributed by atoms with van der Waals surface area (Å²) >= 11 is 1.29. The predicted molar refractivity (Wildman–Crippen MR) is 193 cm³/mol. The van der Waals surface area contributed by atoms with Crippen molar-refractivity contribution in [1.29, 1.82) is 0 Å². The molecule has 0 saturated carbocycles. The molecule has 6 aromatic rings. The van der Waals surface area contributed by atoms with Gasteiger partial charge in [0.25, 0.3) is 5.91 Å². The Morgan fingerprint density at radius 1 is 0.840 bits per heavy atom. The maximum Gasteiger partial charge on any atom is 0.255 e. The van der Waals surface area contributed by atoms with E-state index in [1.807, 2.05) is 37.4 Å². The average Bonchev–Trinajstić information content (AvgIpc) is 3.47. The first-order chi connectivity index (χ1) is 23.9. The molecule has 4 aromatic carbocycles. The first kappa shape index (κ1) is 34.6. The van der Waals surface area contributed by atoms with Gasteiger partial charge >= 0.3 is 0 Å². The number of aromatic nitrogens is 1. The van der Waals surface area contributed by atoms with Gasteiger partial charge in [0.05, 0.1) is 17.5 Å². The van der Waals surface area contributed by atoms with Gasteiger partial charge in [-0.3, -0.25) is 19.3 Å². The molecule has 10 heteroatoms. The third kappa shape index (κ3) is 7.33. The number of carbonyl (C=O) groups excluding carboxylic acids is 2. The van der Waals surface area contributed by atoms with Gasteiger partial charge in [-0.15, -0.1) is 11.3 Å². The zero-order valence-electron chi connectivity index (χ0n) is 27.7. The number of thiophene rings is 1. The second-order valence-corrected chi connectivity index (χ2v) is 13.7. The standard InChI is InChI=1S/C40H35F2N3O4S/c1-40(2,49)39(48)43-28-19-17-27(18-20-28)37-30(22-44(3)21-25-11-6-4-7-12-25)34-36(47)31(35(46)26-13-8-5-9-14-26)24-45(38(34)50-37)23-29-32(41)15-10-16-33(29)42/h4-20,24,49H,21-23H2,1-3H3,(H,43,48). The van der Waals surface area contributed by atoms with E-state index in [1.54, 1.807) is 59.2 Å². The van der Waals surface area contributed by atoms with Crippen LogP contribution in [0.4, 0.5) is 14.5 Å². The van der Waals surface area contributed by atoms with Crippen molar-refractivity contribution >= 4 is 38.9 Å². The van der Waals surface area contributed by atoms with Crippen molar-refractivity contribution in [2.75, 3.05) is 12.4 Å². The van der Waals surface area contributed by atoms with Crippen LogP contribution in [0.25, 0.3) is 20.7 Å². The lowest BCUT2D eigenvalue weighted by Crippen LogP contribution is -2.36. The molecular formula is C40H35F2N3O4S. The Bertz CT molecular complexity index is 2220. The van der Waals surface area contributed by atoms with Crippen molar-refractivity contribution in [3.8, 4) is 10.4 Å². The summed E-state index contributed by atoms with van der Waals surface area (Å²) in [5.74, 6) is -2.54. The second kappa shape index (κ2) is 14.3. The number of benzene rings is 4. The van der Waals surface area contributed by atoms with Crippen LogP contribution in [0.15, 0.2) is 114 Å². The largest absolute Gasteiger partial charge is 0.381 e. The lowest BCUT2D eigenvalue weighted by atomic mass is 10.00. The molecule has 2 heterocycles. The minimum atomic E-state index is -1.58. The Labute approximate surface area is 292 Å². The van der Waals surface area contributed by atoms with Crippen LogP contribution in [0, 0.1) is 11.6 Å². The fraction of sp³-hybridized carbons (Fsp3) is 0.175.